The highest BCUT2D eigenvalue weighted by Gasteiger charge is 2.27. The lowest BCUT2D eigenvalue weighted by atomic mass is 9.96. The zero-order valence-electron chi connectivity index (χ0n) is 15.5. The zero-order valence-corrected chi connectivity index (χ0v) is 16.3. The summed E-state index contributed by atoms with van der Waals surface area (Å²) in [5, 5.41) is 13.9. The molecule has 1 aliphatic rings. The number of carbonyl (C=O) groups excluding carboxylic acids is 2. The Kier molecular flexibility index (Phi) is 6.30. The highest BCUT2D eigenvalue weighted by Crippen LogP contribution is 2.32. The van der Waals surface area contributed by atoms with E-state index in [0.29, 0.717) is 43.1 Å². The van der Waals surface area contributed by atoms with Crippen LogP contribution >= 0.6 is 11.3 Å². The molecule has 1 aromatic heterocycles. The summed E-state index contributed by atoms with van der Waals surface area (Å²) >= 11 is 1.32. The van der Waals surface area contributed by atoms with Gasteiger partial charge in [-0.15, -0.1) is 11.3 Å². The van der Waals surface area contributed by atoms with Crippen molar-refractivity contribution >= 4 is 40.6 Å². The summed E-state index contributed by atoms with van der Waals surface area (Å²) in [4.78, 5) is 38.4. The van der Waals surface area contributed by atoms with Gasteiger partial charge in [0.25, 0.3) is 5.91 Å². The van der Waals surface area contributed by atoms with E-state index in [1.165, 1.54) is 23.5 Å². The van der Waals surface area contributed by atoms with Gasteiger partial charge in [-0.3, -0.25) is 9.59 Å². The fourth-order valence-corrected chi connectivity index (χ4v) is 3.87. The molecule has 28 heavy (non-hydrogen) atoms. The van der Waals surface area contributed by atoms with Crippen LogP contribution in [0.4, 0.5) is 11.4 Å². The van der Waals surface area contributed by atoms with Crippen molar-refractivity contribution in [1.29, 1.82) is 0 Å². The van der Waals surface area contributed by atoms with Crippen molar-refractivity contribution in [2.24, 2.45) is 5.92 Å². The van der Waals surface area contributed by atoms with Crippen LogP contribution in [0.5, 0.6) is 0 Å². The summed E-state index contributed by atoms with van der Waals surface area (Å²) < 4.78 is 5.10. The number of amides is 1. The van der Waals surface area contributed by atoms with Gasteiger partial charge in [0.15, 0.2) is 0 Å². The maximum atomic E-state index is 12.5. The third kappa shape index (κ3) is 4.51. The SMILES string of the molecule is CCOC(=O)C1CCN(c2ccc(C(=O)O)cc2NC(=O)c2cccs2)CC1. The fraction of sp³-hybridized carbons (Fsp3) is 0.350. The highest BCUT2D eigenvalue weighted by atomic mass is 32.1. The average molecular weight is 402 g/mol. The number of carbonyl (C=O) groups is 3. The summed E-state index contributed by atoms with van der Waals surface area (Å²) in [7, 11) is 0. The highest BCUT2D eigenvalue weighted by molar-refractivity contribution is 7.12. The number of benzene rings is 1. The molecule has 0 radical (unpaired) electrons. The van der Waals surface area contributed by atoms with Gasteiger partial charge in [-0.25, -0.2) is 4.79 Å². The Hall–Kier alpha value is -2.87. The zero-order chi connectivity index (χ0) is 20.1. The molecule has 7 nitrogen and oxygen atoms in total. The van der Waals surface area contributed by atoms with E-state index < -0.39 is 5.97 Å². The number of piperidine rings is 1. The molecule has 1 fully saturated rings. The van der Waals surface area contributed by atoms with Crippen molar-refractivity contribution in [3.05, 3.63) is 46.2 Å². The Morgan fingerprint density at radius 3 is 2.61 bits per heavy atom. The lowest BCUT2D eigenvalue weighted by Crippen LogP contribution is -2.37. The Bertz CT molecular complexity index is 857. The lowest BCUT2D eigenvalue weighted by Gasteiger charge is -2.33. The number of aromatic carboxylic acids is 1. The van der Waals surface area contributed by atoms with E-state index in [1.54, 1.807) is 25.1 Å². The van der Waals surface area contributed by atoms with Crippen LogP contribution < -0.4 is 10.2 Å². The van der Waals surface area contributed by atoms with Gasteiger partial charge in [0, 0.05) is 13.1 Å². The number of hydrogen-bond donors (Lipinski definition) is 2. The molecule has 2 aromatic rings. The number of carboxylic acid groups (broad SMARTS) is 1. The number of nitrogens with zero attached hydrogens (tertiary/aromatic N) is 1. The van der Waals surface area contributed by atoms with E-state index >= 15 is 0 Å². The van der Waals surface area contributed by atoms with Gasteiger partial charge < -0.3 is 20.1 Å². The molecule has 0 aliphatic carbocycles. The summed E-state index contributed by atoms with van der Waals surface area (Å²) in [5.41, 5.74) is 1.30. The van der Waals surface area contributed by atoms with Crippen LogP contribution in [-0.2, 0) is 9.53 Å². The lowest BCUT2D eigenvalue weighted by molar-refractivity contribution is -0.148. The van der Waals surface area contributed by atoms with Gasteiger partial charge in [-0.05, 0) is 49.4 Å². The van der Waals surface area contributed by atoms with Crippen molar-refractivity contribution < 1.29 is 24.2 Å². The number of rotatable bonds is 6. The molecule has 0 saturated carbocycles. The normalized spacial score (nSPS) is 14.5. The van der Waals surface area contributed by atoms with Gasteiger partial charge in [0.05, 0.1) is 34.3 Å². The van der Waals surface area contributed by atoms with Gasteiger partial charge in [0.1, 0.15) is 0 Å². The molecule has 0 bridgehead atoms. The van der Waals surface area contributed by atoms with E-state index in [1.807, 2.05) is 5.38 Å². The molecule has 148 valence electrons. The number of thiophene rings is 1. The molecule has 0 unspecified atom stereocenters. The van der Waals surface area contributed by atoms with Crippen molar-refractivity contribution in [2.45, 2.75) is 19.8 Å². The van der Waals surface area contributed by atoms with Crippen molar-refractivity contribution in [2.75, 3.05) is 29.9 Å². The van der Waals surface area contributed by atoms with Gasteiger partial charge in [-0.1, -0.05) is 6.07 Å². The topological polar surface area (TPSA) is 95.9 Å². The molecular weight excluding hydrogens is 380 g/mol. The van der Waals surface area contributed by atoms with Gasteiger partial charge in [0.2, 0.25) is 0 Å². The molecule has 1 aromatic carbocycles. The van der Waals surface area contributed by atoms with E-state index in [-0.39, 0.29) is 23.4 Å². The summed E-state index contributed by atoms with van der Waals surface area (Å²) in [6, 6.07) is 8.20. The number of anilines is 2. The van der Waals surface area contributed by atoms with Crippen molar-refractivity contribution in [3.8, 4) is 0 Å². The molecule has 2 N–H and O–H groups in total. The first-order valence-corrected chi connectivity index (χ1v) is 10.0. The van der Waals surface area contributed by atoms with Crippen LogP contribution in [0.1, 0.15) is 39.8 Å². The number of ether oxygens (including phenoxy) is 1. The van der Waals surface area contributed by atoms with E-state index in [4.69, 9.17) is 4.74 Å². The first-order valence-electron chi connectivity index (χ1n) is 9.13. The average Bonchev–Trinajstić information content (AvgIpc) is 3.23. The Balaban J connectivity index is 1.79. The fourth-order valence-electron chi connectivity index (χ4n) is 3.25. The predicted molar refractivity (Wildman–Crippen MR) is 107 cm³/mol. The first kappa shape index (κ1) is 19.9. The number of esters is 1. The summed E-state index contributed by atoms with van der Waals surface area (Å²) in [6.45, 7) is 3.41. The Morgan fingerprint density at radius 2 is 2.00 bits per heavy atom. The summed E-state index contributed by atoms with van der Waals surface area (Å²) in [5.74, 6) is -1.63. The van der Waals surface area contributed by atoms with Crippen LogP contribution in [0.3, 0.4) is 0 Å². The van der Waals surface area contributed by atoms with Crippen LogP contribution in [0.2, 0.25) is 0 Å². The minimum Gasteiger partial charge on any atom is -0.478 e. The minimum atomic E-state index is -1.06. The van der Waals surface area contributed by atoms with Crippen LogP contribution in [0, 0.1) is 5.92 Å². The molecule has 2 heterocycles. The monoisotopic (exact) mass is 402 g/mol. The second-order valence-electron chi connectivity index (χ2n) is 6.48. The first-order chi connectivity index (χ1) is 13.5. The Morgan fingerprint density at radius 1 is 1.25 bits per heavy atom. The molecule has 0 atom stereocenters. The molecule has 8 heteroatoms. The number of carboxylic acids is 1. The quantitative estimate of drug-likeness (QED) is 0.718. The smallest absolute Gasteiger partial charge is 0.335 e. The molecule has 3 rings (SSSR count). The standard InChI is InChI=1S/C20H22N2O5S/c1-2-27-20(26)13-7-9-22(10-8-13)16-6-5-14(19(24)25)12-15(16)21-18(23)17-4-3-11-28-17/h3-6,11-13H,2,7-10H2,1H3,(H,21,23)(H,24,25). The van der Waals surface area contributed by atoms with Crippen molar-refractivity contribution in [1.82, 2.24) is 0 Å². The maximum Gasteiger partial charge on any atom is 0.335 e. The van der Waals surface area contributed by atoms with Gasteiger partial charge >= 0.3 is 11.9 Å². The largest absolute Gasteiger partial charge is 0.478 e. The van der Waals surface area contributed by atoms with E-state index in [9.17, 15) is 19.5 Å². The second kappa shape index (κ2) is 8.88. The van der Waals surface area contributed by atoms with Crippen LogP contribution in [0.25, 0.3) is 0 Å². The number of nitrogens with one attached hydrogen (secondary N) is 1. The minimum absolute atomic E-state index is 0.103. The molecular formula is C20H22N2O5S. The van der Waals surface area contributed by atoms with E-state index in [2.05, 4.69) is 10.2 Å². The number of hydrogen-bond acceptors (Lipinski definition) is 6. The predicted octanol–water partition coefficient (Wildman–Crippen LogP) is 3.48. The van der Waals surface area contributed by atoms with Gasteiger partial charge in [-0.2, -0.15) is 0 Å². The third-order valence-electron chi connectivity index (χ3n) is 4.69. The van der Waals surface area contributed by atoms with E-state index in [0.717, 1.165) is 5.69 Å². The molecule has 1 aliphatic heterocycles. The maximum absolute atomic E-state index is 12.5. The Labute approximate surface area is 166 Å². The molecule has 1 saturated heterocycles. The third-order valence-corrected chi connectivity index (χ3v) is 5.56. The van der Waals surface area contributed by atoms with Crippen LogP contribution in [-0.4, -0.2) is 42.6 Å². The summed E-state index contributed by atoms with van der Waals surface area (Å²) in [6.07, 6.45) is 1.30. The molecule has 0 spiro atoms. The molecule has 1 amide bonds. The van der Waals surface area contributed by atoms with Crippen LogP contribution in [0.15, 0.2) is 35.7 Å². The van der Waals surface area contributed by atoms with Crippen molar-refractivity contribution in [3.63, 3.8) is 0 Å². The second-order valence-corrected chi connectivity index (χ2v) is 7.43.